The molecule has 0 fully saturated rings. The average Bonchev–Trinajstić information content (AvgIpc) is 2.32. The monoisotopic (exact) mass is 214 g/mol. The number of aryl methyl sites for hydroxylation is 2. The number of hydrogen-bond acceptors (Lipinski definition) is 1. The molecule has 0 aliphatic heterocycles. The number of rotatable bonds is 1. The van der Waals surface area contributed by atoms with E-state index in [9.17, 15) is 0 Å². The first-order valence-corrected chi connectivity index (χ1v) is 5.52. The summed E-state index contributed by atoms with van der Waals surface area (Å²) in [6, 6.07) is 17.5. The Balaban J connectivity index is 0.000000165. The number of phenolic OH excluding ortho intramolecular Hbond substituents is 1. The first kappa shape index (κ1) is 12.3. The van der Waals surface area contributed by atoms with Gasteiger partial charge in [-0.2, -0.15) is 0 Å². The maximum absolute atomic E-state index is 8.85. The van der Waals surface area contributed by atoms with Gasteiger partial charge in [-0.1, -0.05) is 55.0 Å². The Labute approximate surface area is 97.4 Å². The van der Waals surface area contributed by atoms with E-state index in [-0.39, 0.29) is 0 Å². The van der Waals surface area contributed by atoms with Crippen LogP contribution in [0.3, 0.4) is 0 Å². The van der Waals surface area contributed by atoms with Crippen LogP contribution in [-0.4, -0.2) is 5.11 Å². The fourth-order valence-electron chi connectivity index (χ4n) is 1.27. The summed E-state index contributed by atoms with van der Waals surface area (Å²) >= 11 is 0. The normalized spacial score (nSPS) is 9.12. The van der Waals surface area contributed by atoms with Gasteiger partial charge in [0, 0.05) is 0 Å². The van der Waals surface area contributed by atoms with Crippen LogP contribution in [0.4, 0.5) is 0 Å². The number of benzene rings is 2. The zero-order chi connectivity index (χ0) is 11.8. The van der Waals surface area contributed by atoms with Gasteiger partial charge in [-0.05, 0) is 31.0 Å². The van der Waals surface area contributed by atoms with Crippen molar-refractivity contribution < 1.29 is 5.11 Å². The highest BCUT2D eigenvalue weighted by Gasteiger charge is 1.86. The Morgan fingerprint density at radius 1 is 0.875 bits per heavy atom. The van der Waals surface area contributed by atoms with Crippen molar-refractivity contribution in [3.8, 4) is 5.75 Å². The largest absolute Gasteiger partial charge is 0.508 e. The molecule has 1 heteroatoms. The maximum Gasteiger partial charge on any atom is 0.115 e. The minimum absolute atomic E-state index is 0.340. The van der Waals surface area contributed by atoms with E-state index >= 15 is 0 Å². The second kappa shape index (κ2) is 6.67. The van der Waals surface area contributed by atoms with E-state index in [1.165, 1.54) is 11.1 Å². The van der Waals surface area contributed by atoms with Gasteiger partial charge in [0.25, 0.3) is 0 Å². The van der Waals surface area contributed by atoms with Crippen LogP contribution >= 0.6 is 0 Å². The topological polar surface area (TPSA) is 20.2 Å². The lowest BCUT2D eigenvalue weighted by Crippen LogP contribution is -1.75. The second-order valence-electron chi connectivity index (χ2n) is 3.67. The van der Waals surface area contributed by atoms with E-state index < -0.39 is 0 Å². The SMILES string of the molecule is CCc1ccc(O)cc1.Cc1ccccc1. The van der Waals surface area contributed by atoms with Crippen LogP contribution < -0.4 is 0 Å². The van der Waals surface area contributed by atoms with Crippen molar-refractivity contribution in [2.24, 2.45) is 0 Å². The van der Waals surface area contributed by atoms with E-state index in [0.29, 0.717) is 5.75 Å². The van der Waals surface area contributed by atoms with Crippen molar-refractivity contribution in [1.29, 1.82) is 0 Å². The van der Waals surface area contributed by atoms with Gasteiger partial charge in [0.15, 0.2) is 0 Å². The molecule has 1 N–H and O–H groups in total. The Hall–Kier alpha value is -1.76. The summed E-state index contributed by atoms with van der Waals surface area (Å²) in [6.07, 6.45) is 1.03. The van der Waals surface area contributed by atoms with Gasteiger partial charge in [-0.25, -0.2) is 0 Å². The molecule has 0 atom stereocenters. The van der Waals surface area contributed by atoms with Gasteiger partial charge >= 0.3 is 0 Å². The summed E-state index contributed by atoms with van der Waals surface area (Å²) in [7, 11) is 0. The number of aromatic hydroxyl groups is 1. The van der Waals surface area contributed by atoms with Crippen molar-refractivity contribution in [3.05, 3.63) is 65.7 Å². The Morgan fingerprint density at radius 3 is 1.81 bits per heavy atom. The molecule has 0 saturated heterocycles. The molecule has 0 saturated carbocycles. The molecule has 2 rings (SSSR count). The van der Waals surface area contributed by atoms with E-state index in [0.717, 1.165) is 6.42 Å². The van der Waals surface area contributed by atoms with Gasteiger partial charge in [0.1, 0.15) is 5.75 Å². The van der Waals surface area contributed by atoms with Crippen LogP contribution in [0.2, 0.25) is 0 Å². The summed E-state index contributed by atoms with van der Waals surface area (Å²) in [5.74, 6) is 0.340. The second-order valence-corrected chi connectivity index (χ2v) is 3.67. The smallest absolute Gasteiger partial charge is 0.115 e. The Bertz CT molecular complexity index is 390. The molecule has 2 aromatic carbocycles. The molecule has 16 heavy (non-hydrogen) atoms. The van der Waals surface area contributed by atoms with E-state index in [4.69, 9.17) is 5.11 Å². The van der Waals surface area contributed by atoms with Crippen LogP contribution in [-0.2, 0) is 6.42 Å². The first-order valence-electron chi connectivity index (χ1n) is 5.52. The quantitative estimate of drug-likeness (QED) is 0.762. The molecular formula is C15H18O. The molecule has 1 nitrogen and oxygen atoms in total. The summed E-state index contributed by atoms with van der Waals surface area (Å²) in [5.41, 5.74) is 2.58. The number of phenols is 1. The third-order valence-electron chi connectivity index (χ3n) is 2.29. The molecule has 0 aliphatic rings. The zero-order valence-corrected chi connectivity index (χ0v) is 9.85. The summed E-state index contributed by atoms with van der Waals surface area (Å²) in [5, 5.41) is 8.85. The van der Waals surface area contributed by atoms with E-state index in [2.05, 4.69) is 26.0 Å². The van der Waals surface area contributed by atoms with Crippen LogP contribution in [0.1, 0.15) is 18.1 Å². The fraction of sp³-hybridized carbons (Fsp3) is 0.200. The van der Waals surface area contributed by atoms with E-state index in [1.807, 2.05) is 30.3 Å². The predicted molar refractivity (Wildman–Crippen MR) is 68.7 cm³/mol. The lowest BCUT2D eigenvalue weighted by Gasteiger charge is -1.93. The molecular weight excluding hydrogens is 196 g/mol. The minimum atomic E-state index is 0.340. The molecule has 0 aliphatic carbocycles. The molecule has 84 valence electrons. The highest BCUT2D eigenvalue weighted by Crippen LogP contribution is 2.09. The molecule has 0 radical (unpaired) electrons. The van der Waals surface area contributed by atoms with Gasteiger partial charge in [0.05, 0.1) is 0 Å². The van der Waals surface area contributed by atoms with Crippen molar-refractivity contribution in [3.63, 3.8) is 0 Å². The number of hydrogen-bond donors (Lipinski definition) is 1. The lowest BCUT2D eigenvalue weighted by atomic mass is 10.2. The highest BCUT2D eigenvalue weighted by molar-refractivity contribution is 5.25. The van der Waals surface area contributed by atoms with Crippen molar-refractivity contribution >= 4 is 0 Å². The van der Waals surface area contributed by atoms with Gasteiger partial charge in [0.2, 0.25) is 0 Å². The summed E-state index contributed by atoms with van der Waals surface area (Å²) < 4.78 is 0. The van der Waals surface area contributed by atoms with Gasteiger partial charge in [-0.3, -0.25) is 0 Å². The summed E-state index contributed by atoms with van der Waals surface area (Å²) in [4.78, 5) is 0. The predicted octanol–water partition coefficient (Wildman–Crippen LogP) is 3.95. The third kappa shape index (κ3) is 4.65. The fourth-order valence-corrected chi connectivity index (χ4v) is 1.27. The zero-order valence-electron chi connectivity index (χ0n) is 9.85. The van der Waals surface area contributed by atoms with Crippen LogP contribution in [0.25, 0.3) is 0 Å². The minimum Gasteiger partial charge on any atom is -0.508 e. The summed E-state index contributed by atoms with van der Waals surface area (Å²) in [6.45, 7) is 4.17. The first-order chi connectivity index (χ1) is 7.72. The van der Waals surface area contributed by atoms with Gasteiger partial charge in [-0.15, -0.1) is 0 Å². The Kier molecular flexibility index (Phi) is 5.13. The third-order valence-corrected chi connectivity index (χ3v) is 2.29. The lowest BCUT2D eigenvalue weighted by molar-refractivity contribution is 0.475. The van der Waals surface area contributed by atoms with Crippen LogP contribution in [0.5, 0.6) is 5.75 Å². The molecule has 0 unspecified atom stereocenters. The maximum atomic E-state index is 8.85. The van der Waals surface area contributed by atoms with Crippen molar-refractivity contribution in [2.45, 2.75) is 20.3 Å². The Morgan fingerprint density at radius 2 is 1.44 bits per heavy atom. The molecule has 0 heterocycles. The average molecular weight is 214 g/mol. The van der Waals surface area contributed by atoms with Crippen LogP contribution in [0.15, 0.2) is 54.6 Å². The van der Waals surface area contributed by atoms with Crippen molar-refractivity contribution in [2.75, 3.05) is 0 Å². The molecule has 0 amide bonds. The molecule has 0 aromatic heterocycles. The highest BCUT2D eigenvalue weighted by atomic mass is 16.3. The molecule has 0 spiro atoms. The van der Waals surface area contributed by atoms with Gasteiger partial charge < -0.3 is 5.11 Å². The standard InChI is InChI=1S/C8H10O.C7H8/c1-2-7-3-5-8(9)6-4-7;1-7-5-3-2-4-6-7/h3-6,9H,2H2,1H3;2-6H,1H3. The van der Waals surface area contributed by atoms with Crippen molar-refractivity contribution in [1.82, 2.24) is 0 Å². The van der Waals surface area contributed by atoms with Crippen LogP contribution in [0, 0.1) is 6.92 Å². The van der Waals surface area contributed by atoms with E-state index in [1.54, 1.807) is 12.1 Å². The molecule has 2 aromatic rings. The molecule has 0 bridgehead atoms.